The molecular weight excluding hydrogens is 357 g/mol. The Balaban J connectivity index is 2.46. The van der Waals surface area contributed by atoms with Crippen molar-refractivity contribution < 1.29 is 28.6 Å². The van der Waals surface area contributed by atoms with E-state index in [2.05, 4.69) is 4.98 Å². The number of H-pyrrole nitrogens is 1. The van der Waals surface area contributed by atoms with Gasteiger partial charge >= 0.3 is 13.3 Å². The summed E-state index contributed by atoms with van der Waals surface area (Å²) in [6.45, 7) is 1.27. The first kappa shape index (κ1) is 19.7. The molecule has 1 aliphatic rings. The first-order valence-electron chi connectivity index (χ1n) is 7.24. The first-order chi connectivity index (χ1) is 11.7. The van der Waals surface area contributed by atoms with Crippen molar-refractivity contribution >= 4 is 7.60 Å². The molecule has 0 amide bonds. The number of ether oxygens (including phenoxy) is 3. The zero-order chi connectivity index (χ0) is 18.8. The maximum absolute atomic E-state index is 12.0. The smallest absolute Gasteiger partial charge is 0.349 e. The van der Waals surface area contributed by atoms with E-state index in [1.54, 1.807) is 0 Å². The Hall–Kier alpha value is -1.59. The maximum Gasteiger partial charge on any atom is 0.349 e. The van der Waals surface area contributed by atoms with Crippen molar-refractivity contribution in [2.75, 3.05) is 13.8 Å². The Bertz CT molecular complexity index is 797. The highest BCUT2D eigenvalue weighted by Crippen LogP contribution is 2.42. The van der Waals surface area contributed by atoms with E-state index in [-0.39, 0.29) is 12.3 Å². The van der Waals surface area contributed by atoms with E-state index < -0.39 is 43.4 Å². The summed E-state index contributed by atoms with van der Waals surface area (Å²) in [7, 11) is -3.07. The SMILES string of the molecule is COC1C(OCN)[C@@H](/C(C)=C/P(=O)(O)O)O[C@H]1n1ccc(=O)[nH]c1=O. The van der Waals surface area contributed by atoms with Crippen LogP contribution in [0.4, 0.5) is 0 Å². The van der Waals surface area contributed by atoms with Gasteiger partial charge in [-0.25, -0.2) is 4.79 Å². The highest BCUT2D eigenvalue weighted by Gasteiger charge is 2.48. The number of rotatable bonds is 6. The lowest BCUT2D eigenvalue weighted by Gasteiger charge is -2.23. The molecule has 0 saturated carbocycles. The second kappa shape index (κ2) is 7.75. The van der Waals surface area contributed by atoms with E-state index in [9.17, 15) is 14.2 Å². The van der Waals surface area contributed by atoms with Crippen LogP contribution in [0.15, 0.2) is 33.2 Å². The molecule has 140 valence electrons. The van der Waals surface area contributed by atoms with Gasteiger partial charge in [0.05, 0.1) is 6.73 Å². The summed E-state index contributed by atoms with van der Waals surface area (Å²) in [4.78, 5) is 43.6. The Labute approximate surface area is 142 Å². The summed E-state index contributed by atoms with van der Waals surface area (Å²) in [5.41, 5.74) is 4.34. The van der Waals surface area contributed by atoms with Gasteiger partial charge < -0.3 is 29.7 Å². The number of nitrogens with zero attached hydrogens (tertiary/aromatic N) is 1. The molecule has 4 atom stereocenters. The number of nitrogens with one attached hydrogen (secondary N) is 1. The van der Waals surface area contributed by atoms with Crippen molar-refractivity contribution in [3.8, 4) is 0 Å². The standard InChI is InChI=1S/C13H20N3O8P/c1-7(5-25(19,20)21)9-10(23-6-14)11(22-2)12(24-9)16-4-3-8(17)15-13(16)18/h3-5,9-12H,6,14H2,1-2H3,(H,15,17,18)(H2,19,20,21)/b7-5+/t9-,10?,11?,12-/m1/s1. The van der Waals surface area contributed by atoms with Crippen molar-refractivity contribution in [2.24, 2.45) is 5.73 Å². The van der Waals surface area contributed by atoms with Crippen LogP contribution in [0.2, 0.25) is 0 Å². The molecule has 5 N–H and O–H groups in total. The van der Waals surface area contributed by atoms with Gasteiger partial charge in [-0.15, -0.1) is 0 Å². The van der Waals surface area contributed by atoms with E-state index in [1.165, 1.54) is 20.2 Å². The average molecular weight is 377 g/mol. The predicted octanol–water partition coefficient (Wildman–Crippen LogP) is -1.17. The molecule has 1 aromatic heterocycles. The van der Waals surface area contributed by atoms with E-state index in [0.29, 0.717) is 0 Å². The van der Waals surface area contributed by atoms with Crippen molar-refractivity contribution in [1.29, 1.82) is 0 Å². The fourth-order valence-electron chi connectivity index (χ4n) is 2.74. The summed E-state index contributed by atoms with van der Waals surface area (Å²) in [6.07, 6.45) is -2.29. The van der Waals surface area contributed by atoms with Gasteiger partial charge in [-0.1, -0.05) is 0 Å². The van der Waals surface area contributed by atoms with Crippen LogP contribution in [0.25, 0.3) is 0 Å². The van der Waals surface area contributed by atoms with E-state index >= 15 is 0 Å². The lowest BCUT2D eigenvalue weighted by molar-refractivity contribution is -0.0604. The van der Waals surface area contributed by atoms with E-state index in [0.717, 1.165) is 16.5 Å². The summed E-state index contributed by atoms with van der Waals surface area (Å²) in [5, 5.41) is 0. The molecule has 0 aliphatic carbocycles. The zero-order valence-electron chi connectivity index (χ0n) is 13.6. The monoisotopic (exact) mass is 377 g/mol. The number of nitrogens with two attached hydrogens (primary N) is 1. The summed E-state index contributed by atoms with van der Waals surface area (Å²) >= 11 is 0. The molecule has 0 aromatic carbocycles. The Morgan fingerprint density at radius 3 is 2.68 bits per heavy atom. The number of methoxy groups -OCH3 is 1. The number of hydrogen-bond donors (Lipinski definition) is 4. The molecular formula is C13H20N3O8P. The van der Waals surface area contributed by atoms with Gasteiger partial charge in [0, 0.05) is 25.2 Å². The number of aromatic nitrogens is 2. The van der Waals surface area contributed by atoms with E-state index in [4.69, 9.17) is 29.7 Å². The largest absolute Gasteiger partial charge is 0.374 e. The molecule has 0 bridgehead atoms. The van der Waals surface area contributed by atoms with Gasteiger partial charge in [0.2, 0.25) is 0 Å². The third kappa shape index (κ3) is 4.53. The molecule has 2 heterocycles. The van der Waals surface area contributed by atoms with Crippen LogP contribution in [-0.2, 0) is 18.8 Å². The van der Waals surface area contributed by atoms with Crippen molar-refractivity contribution in [3.05, 3.63) is 44.5 Å². The van der Waals surface area contributed by atoms with Gasteiger partial charge in [0.1, 0.15) is 18.3 Å². The molecule has 1 aliphatic heterocycles. The minimum Gasteiger partial charge on any atom is -0.374 e. The lowest BCUT2D eigenvalue weighted by atomic mass is 10.0. The first-order valence-corrected chi connectivity index (χ1v) is 8.92. The fourth-order valence-corrected chi connectivity index (χ4v) is 3.42. The van der Waals surface area contributed by atoms with Crippen molar-refractivity contribution in [1.82, 2.24) is 9.55 Å². The molecule has 12 heteroatoms. The molecule has 2 rings (SSSR count). The maximum atomic E-state index is 12.0. The van der Waals surface area contributed by atoms with Crippen LogP contribution in [0, 0.1) is 0 Å². The van der Waals surface area contributed by atoms with Gasteiger partial charge in [-0.3, -0.25) is 18.9 Å². The highest BCUT2D eigenvalue weighted by atomic mass is 31.2. The second-order valence-corrected chi connectivity index (χ2v) is 6.86. The predicted molar refractivity (Wildman–Crippen MR) is 85.8 cm³/mol. The molecule has 0 spiro atoms. The molecule has 1 aromatic rings. The number of hydrogen-bond acceptors (Lipinski definition) is 7. The average Bonchev–Trinajstić information content (AvgIpc) is 2.84. The van der Waals surface area contributed by atoms with Gasteiger partial charge in [0.25, 0.3) is 5.56 Å². The lowest BCUT2D eigenvalue weighted by Crippen LogP contribution is -2.40. The molecule has 25 heavy (non-hydrogen) atoms. The van der Waals surface area contributed by atoms with Crippen LogP contribution in [0.5, 0.6) is 0 Å². The zero-order valence-corrected chi connectivity index (χ0v) is 14.5. The molecule has 0 radical (unpaired) electrons. The summed E-state index contributed by atoms with van der Waals surface area (Å²) in [5.74, 6) is 0.759. The molecule has 2 unspecified atom stereocenters. The highest BCUT2D eigenvalue weighted by molar-refractivity contribution is 7.55. The Kier molecular flexibility index (Phi) is 6.12. The normalized spacial score (nSPS) is 27.6. The van der Waals surface area contributed by atoms with Crippen molar-refractivity contribution in [2.45, 2.75) is 31.5 Å². The molecule has 1 fully saturated rings. The quantitative estimate of drug-likeness (QED) is 0.353. The minimum atomic E-state index is -4.44. The fraction of sp³-hybridized carbons (Fsp3) is 0.538. The summed E-state index contributed by atoms with van der Waals surface area (Å²) < 4.78 is 28.9. The van der Waals surface area contributed by atoms with Gasteiger partial charge in [0.15, 0.2) is 6.23 Å². The van der Waals surface area contributed by atoms with Crippen LogP contribution in [0.3, 0.4) is 0 Å². The van der Waals surface area contributed by atoms with Gasteiger partial charge in [-0.2, -0.15) is 0 Å². The third-order valence-corrected chi connectivity index (χ3v) is 4.44. The van der Waals surface area contributed by atoms with Crippen molar-refractivity contribution in [3.63, 3.8) is 0 Å². The van der Waals surface area contributed by atoms with Crippen LogP contribution in [0.1, 0.15) is 13.2 Å². The third-order valence-electron chi connectivity index (χ3n) is 3.70. The van der Waals surface area contributed by atoms with Gasteiger partial charge in [-0.05, 0) is 12.5 Å². The molecule has 11 nitrogen and oxygen atoms in total. The molecule has 1 saturated heterocycles. The Morgan fingerprint density at radius 1 is 1.48 bits per heavy atom. The number of aromatic amines is 1. The summed E-state index contributed by atoms with van der Waals surface area (Å²) in [6, 6.07) is 1.14. The minimum absolute atomic E-state index is 0.194. The Morgan fingerprint density at radius 2 is 2.16 bits per heavy atom. The van der Waals surface area contributed by atoms with E-state index in [1.807, 2.05) is 0 Å². The second-order valence-electron chi connectivity index (χ2n) is 5.43. The topological polar surface area (TPSA) is 166 Å². The van der Waals surface area contributed by atoms with Crippen LogP contribution in [-0.4, -0.2) is 51.5 Å². The van der Waals surface area contributed by atoms with Crippen LogP contribution >= 0.6 is 7.60 Å². The van der Waals surface area contributed by atoms with Crippen LogP contribution < -0.4 is 17.0 Å².